The Bertz CT molecular complexity index is 522. The van der Waals surface area contributed by atoms with Crippen molar-refractivity contribution in [2.24, 2.45) is 5.92 Å². The number of hydrogen-bond donors (Lipinski definition) is 0. The predicted octanol–water partition coefficient (Wildman–Crippen LogP) is 1.92. The number of allylic oxidation sites excluding steroid dienone is 3. The van der Waals surface area contributed by atoms with Crippen molar-refractivity contribution >= 4 is 6.29 Å². The Labute approximate surface area is 105 Å². The monoisotopic (exact) mass is 243 g/mol. The molecule has 18 heavy (non-hydrogen) atoms. The maximum Gasteiger partial charge on any atom is 0.257 e. The number of pyridine rings is 1. The largest absolute Gasteiger partial charge is 0.484 e. The molecule has 4 nitrogen and oxygen atoms in total. The first kappa shape index (κ1) is 11.0. The summed E-state index contributed by atoms with van der Waals surface area (Å²) in [4.78, 5) is 14.8. The molecule has 1 aliphatic heterocycles. The van der Waals surface area contributed by atoms with E-state index in [1.807, 2.05) is 30.4 Å². The summed E-state index contributed by atoms with van der Waals surface area (Å²) in [6.07, 6.45) is 9.06. The molecule has 0 amide bonds. The van der Waals surface area contributed by atoms with Crippen LogP contribution >= 0.6 is 0 Å². The maximum atomic E-state index is 10.6. The Morgan fingerprint density at radius 2 is 2.39 bits per heavy atom. The fourth-order valence-corrected chi connectivity index (χ4v) is 2.15. The van der Waals surface area contributed by atoms with Crippen molar-refractivity contribution in [2.45, 2.75) is 12.5 Å². The van der Waals surface area contributed by atoms with Gasteiger partial charge in [-0.15, -0.1) is 0 Å². The van der Waals surface area contributed by atoms with Crippen LogP contribution in [0.5, 0.6) is 11.6 Å². The van der Waals surface area contributed by atoms with Crippen molar-refractivity contribution in [3.63, 3.8) is 0 Å². The zero-order chi connectivity index (χ0) is 12.4. The molecule has 1 aromatic heterocycles. The fourth-order valence-electron chi connectivity index (χ4n) is 2.15. The van der Waals surface area contributed by atoms with Crippen LogP contribution in [0.2, 0.25) is 0 Å². The highest BCUT2D eigenvalue weighted by molar-refractivity contribution is 5.77. The van der Waals surface area contributed by atoms with Gasteiger partial charge in [-0.3, -0.25) is 4.79 Å². The van der Waals surface area contributed by atoms with Crippen molar-refractivity contribution in [1.82, 2.24) is 4.98 Å². The van der Waals surface area contributed by atoms with Crippen LogP contribution in [-0.2, 0) is 4.79 Å². The zero-order valence-electron chi connectivity index (χ0n) is 9.78. The lowest BCUT2D eigenvalue weighted by Crippen LogP contribution is -2.36. The lowest BCUT2D eigenvalue weighted by molar-refractivity contribution is -0.104. The van der Waals surface area contributed by atoms with Crippen molar-refractivity contribution in [3.05, 3.63) is 42.1 Å². The molecule has 0 fully saturated rings. The van der Waals surface area contributed by atoms with Gasteiger partial charge in [-0.25, -0.2) is 4.98 Å². The summed E-state index contributed by atoms with van der Waals surface area (Å²) >= 11 is 0. The summed E-state index contributed by atoms with van der Waals surface area (Å²) in [5, 5.41) is 0. The van der Waals surface area contributed by atoms with E-state index in [1.165, 1.54) is 0 Å². The van der Waals surface area contributed by atoms with Crippen LogP contribution in [0.15, 0.2) is 42.1 Å². The summed E-state index contributed by atoms with van der Waals surface area (Å²) in [5.41, 5.74) is 0.724. The molecule has 0 N–H and O–H groups in total. The van der Waals surface area contributed by atoms with Gasteiger partial charge in [0.05, 0.1) is 0 Å². The summed E-state index contributed by atoms with van der Waals surface area (Å²) in [6, 6.07) is 3.67. The van der Waals surface area contributed by atoms with Crippen molar-refractivity contribution in [1.29, 1.82) is 0 Å². The molecule has 3 rings (SSSR count). The lowest BCUT2D eigenvalue weighted by Gasteiger charge is -2.30. The highest BCUT2D eigenvalue weighted by atomic mass is 16.6. The Morgan fingerprint density at radius 3 is 3.17 bits per heavy atom. The van der Waals surface area contributed by atoms with Gasteiger partial charge < -0.3 is 9.47 Å². The third kappa shape index (κ3) is 2.01. The number of carbonyl (C=O) groups excluding carboxylic acids is 1. The number of aldehydes is 1. The minimum atomic E-state index is -0.0481. The molecule has 92 valence electrons. The highest BCUT2D eigenvalue weighted by Gasteiger charge is 2.28. The van der Waals surface area contributed by atoms with E-state index in [0.29, 0.717) is 18.2 Å². The first-order valence-electron chi connectivity index (χ1n) is 5.95. The second-order valence-electron chi connectivity index (χ2n) is 4.35. The summed E-state index contributed by atoms with van der Waals surface area (Å²) < 4.78 is 11.5. The van der Waals surface area contributed by atoms with E-state index in [9.17, 15) is 4.79 Å². The van der Waals surface area contributed by atoms with Crippen molar-refractivity contribution < 1.29 is 14.3 Å². The standard InChI is InChI=1S/C14H13NO3/c16-8-10-3-5-11(6-4-10)13-9-17-12-2-1-7-15-14(12)18-13/h1-5,7-8,11,13H,6,9H2/t11?,13-/m1/s1. The van der Waals surface area contributed by atoms with Crippen LogP contribution in [0, 0.1) is 5.92 Å². The van der Waals surface area contributed by atoms with Crippen LogP contribution in [0.1, 0.15) is 6.42 Å². The van der Waals surface area contributed by atoms with Gasteiger partial charge >= 0.3 is 0 Å². The molecule has 2 heterocycles. The molecule has 0 saturated carbocycles. The van der Waals surface area contributed by atoms with E-state index in [1.54, 1.807) is 6.20 Å². The maximum absolute atomic E-state index is 10.6. The Morgan fingerprint density at radius 1 is 1.44 bits per heavy atom. The van der Waals surface area contributed by atoms with Crippen LogP contribution in [0.3, 0.4) is 0 Å². The van der Waals surface area contributed by atoms with E-state index in [-0.39, 0.29) is 12.0 Å². The number of rotatable bonds is 2. The SMILES string of the molecule is O=CC1=CCC([C@H]2COc3cccnc3O2)C=C1. The number of nitrogens with zero attached hydrogens (tertiary/aromatic N) is 1. The van der Waals surface area contributed by atoms with Gasteiger partial charge in [0, 0.05) is 17.7 Å². The molecular formula is C14H13NO3. The molecule has 0 spiro atoms. The first-order chi connectivity index (χ1) is 8.86. The van der Waals surface area contributed by atoms with Gasteiger partial charge in [0.2, 0.25) is 0 Å². The normalized spacial score (nSPS) is 25.4. The summed E-state index contributed by atoms with van der Waals surface area (Å²) in [5.74, 6) is 1.47. The molecular weight excluding hydrogens is 230 g/mol. The van der Waals surface area contributed by atoms with E-state index >= 15 is 0 Å². The molecule has 4 heteroatoms. The van der Waals surface area contributed by atoms with Crippen LogP contribution in [-0.4, -0.2) is 24.0 Å². The van der Waals surface area contributed by atoms with Gasteiger partial charge in [0.1, 0.15) is 19.0 Å². The minimum Gasteiger partial charge on any atom is -0.484 e. The second kappa shape index (κ2) is 4.64. The smallest absolute Gasteiger partial charge is 0.257 e. The van der Waals surface area contributed by atoms with Gasteiger partial charge in [-0.05, 0) is 18.6 Å². The molecule has 2 aliphatic rings. The fraction of sp³-hybridized carbons (Fsp3) is 0.286. The Balaban J connectivity index is 1.72. The Kier molecular flexibility index (Phi) is 2.84. The zero-order valence-corrected chi connectivity index (χ0v) is 9.78. The first-order valence-corrected chi connectivity index (χ1v) is 5.95. The van der Waals surface area contributed by atoms with Crippen molar-refractivity contribution in [2.75, 3.05) is 6.61 Å². The molecule has 0 aromatic carbocycles. The molecule has 0 saturated heterocycles. The number of fused-ring (bicyclic) bond motifs is 1. The van der Waals surface area contributed by atoms with Gasteiger partial charge in [-0.1, -0.05) is 18.2 Å². The predicted molar refractivity (Wildman–Crippen MR) is 65.5 cm³/mol. The van der Waals surface area contributed by atoms with E-state index < -0.39 is 0 Å². The lowest BCUT2D eigenvalue weighted by atomic mass is 9.92. The van der Waals surface area contributed by atoms with E-state index in [2.05, 4.69) is 4.98 Å². The molecule has 0 radical (unpaired) electrons. The molecule has 1 unspecified atom stereocenters. The highest BCUT2D eigenvalue weighted by Crippen LogP contribution is 2.32. The molecule has 0 bridgehead atoms. The minimum absolute atomic E-state index is 0.0481. The number of aromatic nitrogens is 1. The van der Waals surface area contributed by atoms with E-state index in [4.69, 9.17) is 9.47 Å². The number of hydrogen-bond acceptors (Lipinski definition) is 4. The van der Waals surface area contributed by atoms with E-state index in [0.717, 1.165) is 18.3 Å². The second-order valence-corrected chi connectivity index (χ2v) is 4.35. The van der Waals surface area contributed by atoms with Crippen LogP contribution in [0.4, 0.5) is 0 Å². The average Bonchev–Trinajstić information content (AvgIpc) is 2.47. The third-order valence-corrected chi connectivity index (χ3v) is 3.18. The average molecular weight is 243 g/mol. The molecule has 2 atom stereocenters. The van der Waals surface area contributed by atoms with Crippen LogP contribution < -0.4 is 9.47 Å². The summed E-state index contributed by atoms with van der Waals surface area (Å²) in [6.45, 7) is 0.512. The Hall–Kier alpha value is -2.10. The number of ether oxygens (including phenoxy) is 2. The summed E-state index contributed by atoms with van der Waals surface area (Å²) in [7, 11) is 0. The van der Waals surface area contributed by atoms with Crippen molar-refractivity contribution in [3.8, 4) is 11.6 Å². The third-order valence-electron chi connectivity index (χ3n) is 3.18. The topological polar surface area (TPSA) is 48.4 Å². The molecule has 1 aliphatic carbocycles. The quantitative estimate of drug-likeness (QED) is 0.745. The van der Waals surface area contributed by atoms with Gasteiger partial charge in [0.25, 0.3) is 5.88 Å². The van der Waals surface area contributed by atoms with Gasteiger partial charge in [0.15, 0.2) is 5.75 Å². The number of carbonyl (C=O) groups is 1. The molecule has 1 aromatic rings. The van der Waals surface area contributed by atoms with Crippen LogP contribution in [0.25, 0.3) is 0 Å². The van der Waals surface area contributed by atoms with Gasteiger partial charge in [-0.2, -0.15) is 0 Å².